The number of carbonyl (C=O) groups is 1. The Kier molecular flexibility index (Phi) is 5.00. The van der Waals surface area contributed by atoms with Crippen LogP contribution in [0.25, 0.3) is 0 Å². The van der Waals surface area contributed by atoms with E-state index in [-0.39, 0.29) is 11.9 Å². The van der Waals surface area contributed by atoms with Gasteiger partial charge in [0.1, 0.15) is 6.04 Å². The summed E-state index contributed by atoms with van der Waals surface area (Å²) in [5, 5.41) is 2.97. The van der Waals surface area contributed by atoms with Crippen molar-refractivity contribution in [2.75, 3.05) is 33.9 Å². The zero-order valence-electron chi connectivity index (χ0n) is 9.69. The number of hydrazine groups is 1. The predicted octanol–water partition coefficient (Wildman–Crippen LogP) is -1.73. The maximum absolute atomic E-state index is 11.6. The van der Waals surface area contributed by atoms with Crippen molar-refractivity contribution in [1.82, 2.24) is 15.6 Å². The Morgan fingerprint density at radius 3 is 3.00 bits per heavy atom. The number of hydrogen-bond acceptors (Lipinski definition) is 4. The summed E-state index contributed by atoms with van der Waals surface area (Å²) in [6.07, 6.45) is 0.764. The van der Waals surface area contributed by atoms with Crippen LogP contribution >= 0.6 is 0 Å². The van der Waals surface area contributed by atoms with Gasteiger partial charge in [-0.05, 0) is 6.42 Å². The van der Waals surface area contributed by atoms with Gasteiger partial charge in [0, 0.05) is 20.7 Å². The molecule has 16 heavy (non-hydrogen) atoms. The van der Waals surface area contributed by atoms with Crippen LogP contribution in [0.2, 0.25) is 0 Å². The van der Waals surface area contributed by atoms with Gasteiger partial charge in [0.2, 0.25) is 11.9 Å². The van der Waals surface area contributed by atoms with E-state index in [1.807, 2.05) is 0 Å². The van der Waals surface area contributed by atoms with Crippen molar-refractivity contribution >= 4 is 11.9 Å². The zero-order valence-corrected chi connectivity index (χ0v) is 9.69. The Balaban J connectivity index is 2.44. The molecule has 0 radical (unpaired) electrons. The average Bonchev–Trinajstić information content (AvgIpc) is 2.59. The van der Waals surface area contributed by atoms with Crippen LogP contribution in [0, 0.1) is 0 Å². The molecule has 1 fully saturated rings. The maximum atomic E-state index is 11.6. The molecule has 4 N–H and O–H groups in total. The van der Waals surface area contributed by atoms with E-state index in [9.17, 15) is 4.79 Å². The molecule has 0 spiro atoms. The SMILES string of the molecule is COCCN=C(NN)NC1CCN(C)C1=O. The lowest BCUT2D eigenvalue weighted by Crippen LogP contribution is -2.49. The van der Waals surface area contributed by atoms with Gasteiger partial charge in [0.25, 0.3) is 0 Å². The molecule has 1 aliphatic heterocycles. The molecule has 0 aromatic carbocycles. The smallest absolute Gasteiger partial charge is 0.244 e. The number of methoxy groups -OCH3 is 1. The first-order valence-corrected chi connectivity index (χ1v) is 5.20. The van der Waals surface area contributed by atoms with Crippen LogP contribution in [-0.2, 0) is 9.53 Å². The Morgan fingerprint density at radius 1 is 1.75 bits per heavy atom. The van der Waals surface area contributed by atoms with Gasteiger partial charge in [-0.2, -0.15) is 0 Å². The van der Waals surface area contributed by atoms with Crippen LogP contribution in [0.15, 0.2) is 4.99 Å². The summed E-state index contributed by atoms with van der Waals surface area (Å²) in [4.78, 5) is 17.4. The molecule has 1 unspecified atom stereocenters. The summed E-state index contributed by atoms with van der Waals surface area (Å²) in [6.45, 7) is 1.78. The number of ether oxygens (including phenoxy) is 1. The highest BCUT2D eigenvalue weighted by Gasteiger charge is 2.29. The first-order chi connectivity index (χ1) is 7.69. The van der Waals surface area contributed by atoms with Crippen molar-refractivity contribution in [2.24, 2.45) is 10.8 Å². The van der Waals surface area contributed by atoms with E-state index in [4.69, 9.17) is 10.6 Å². The van der Waals surface area contributed by atoms with E-state index in [0.29, 0.717) is 19.1 Å². The fraction of sp³-hybridized carbons (Fsp3) is 0.778. The fourth-order valence-corrected chi connectivity index (χ4v) is 1.50. The molecule has 0 aromatic rings. The Morgan fingerprint density at radius 2 is 2.50 bits per heavy atom. The number of nitrogens with two attached hydrogens (primary N) is 1. The summed E-state index contributed by atoms with van der Waals surface area (Å²) in [5.41, 5.74) is 2.44. The van der Waals surface area contributed by atoms with Crippen LogP contribution in [-0.4, -0.2) is 56.7 Å². The van der Waals surface area contributed by atoms with E-state index < -0.39 is 0 Å². The molecule has 0 aromatic heterocycles. The number of aliphatic imine (C=N–C) groups is 1. The first kappa shape index (κ1) is 12.7. The quantitative estimate of drug-likeness (QED) is 0.175. The van der Waals surface area contributed by atoms with Crippen molar-refractivity contribution in [2.45, 2.75) is 12.5 Å². The molecular formula is C9H19N5O2. The minimum absolute atomic E-state index is 0.0645. The van der Waals surface area contributed by atoms with Crippen LogP contribution in [0.4, 0.5) is 0 Å². The molecule has 1 aliphatic rings. The summed E-state index contributed by atoms with van der Waals surface area (Å²) < 4.78 is 4.87. The molecule has 0 saturated carbocycles. The van der Waals surface area contributed by atoms with Crippen molar-refractivity contribution < 1.29 is 9.53 Å². The van der Waals surface area contributed by atoms with E-state index in [2.05, 4.69) is 15.7 Å². The highest BCUT2D eigenvalue weighted by Crippen LogP contribution is 2.07. The number of likely N-dealkylation sites (tertiary alicyclic amines) is 1. The number of rotatable bonds is 4. The normalized spacial score (nSPS) is 21.4. The Hall–Kier alpha value is -1.34. The number of hydrogen-bond donors (Lipinski definition) is 3. The molecule has 0 bridgehead atoms. The van der Waals surface area contributed by atoms with Gasteiger partial charge >= 0.3 is 0 Å². The highest BCUT2D eigenvalue weighted by molar-refractivity contribution is 5.89. The lowest BCUT2D eigenvalue weighted by atomic mass is 10.2. The molecule has 0 aliphatic carbocycles. The van der Waals surface area contributed by atoms with E-state index in [0.717, 1.165) is 13.0 Å². The third-order valence-corrected chi connectivity index (χ3v) is 2.44. The molecule has 1 saturated heterocycles. The van der Waals surface area contributed by atoms with Crippen LogP contribution in [0.1, 0.15) is 6.42 Å². The maximum Gasteiger partial charge on any atom is 0.244 e. The van der Waals surface area contributed by atoms with Gasteiger partial charge < -0.3 is 15.0 Å². The topological polar surface area (TPSA) is 92.0 Å². The third-order valence-electron chi connectivity index (χ3n) is 2.44. The minimum atomic E-state index is -0.234. The summed E-state index contributed by atoms with van der Waals surface area (Å²) in [7, 11) is 3.38. The summed E-state index contributed by atoms with van der Waals surface area (Å²) in [6, 6.07) is -0.234. The number of guanidine groups is 1. The lowest BCUT2D eigenvalue weighted by Gasteiger charge is -2.14. The third kappa shape index (κ3) is 3.35. The van der Waals surface area contributed by atoms with Gasteiger partial charge in [0.05, 0.1) is 13.2 Å². The van der Waals surface area contributed by atoms with Crippen molar-refractivity contribution in [3.63, 3.8) is 0 Å². The zero-order chi connectivity index (χ0) is 12.0. The number of nitrogens with zero attached hydrogens (tertiary/aromatic N) is 2. The van der Waals surface area contributed by atoms with E-state index in [1.54, 1.807) is 19.1 Å². The highest BCUT2D eigenvalue weighted by atomic mass is 16.5. The van der Waals surface area contributed by atoms with Crippen LogP contribution in [0.5, 0.6) is 0 Å². The standard InChI is InChI=1S/C9H19N5O2/c1-14-5-3-7(8(14)15)12-9(13-10)11-4-6-16-2/h7H,3-6,10H2,1-2H3,(H2,11,12,13). The van der Waals surface area contributed by atoms with Gasteiger partial charge in [-0.25, -0.2) is 10.8 Å². The summed E-state index contributed by atoms with van der Waals surface area (Å²) >= 11 is 0. The second-order valence-corrected chi connectivity index (χ2v) is 3.61. The molecule has 92 valence electrons. The Bertz CT molecular complexity index is 269. The molecule has 7 heteroatoms. The molecule has 1 heterocycles. The molecule has 1 atom stereocenters. The Labute approximate surface area is 95.0 Å². The monoisotopic (exact) mass is 229 g/mol. The van der Waals surface area contributed by atoms with Crippen molar-refractivity contribution in [3.8, 4) is 0 Å². The number of nitrogens with one attached hydrogen (secondary N) is 2. The molecule has 1 amide bonds. The predicted molar refractivity (Wildman–Crippen MR) is 60.7 cm³/mol. The lowest BCUT2D eigenvalue weighted by molar-refractivity contribution is -0.127. The van der Waals surface area contributed by atoms with Crippen molar-refractivity contribution in [1.29, 1.82) is 0 Å². The molecule has 1 rings (SSSR count). The van der Waals surface area contributed by atoms with Gasteiger partial charge in [-0.3, -0.25) is 10.2 Å². The van der Waals surface area contributed by atoms with Crippen LogP contribution < -0.4 is 16.6 Å². The average molecular weight is 229 g/mol. The minimum Gasteiger partial charge on any atom is -0.383 e. The second kappa shape index (κ2) is 6.29. The second-order valence-electron chi connectivity index (χ2n) is 3.61. The molecule has 7 nitrogen and oxygen atoms in total. The first-order valence-electron chi connectivity index (χ1n) is 5.20. The van der Waals surface area contributed by atoms with Gasteiger partial charge in [-0.1, -0.05) is 0 Å². The number of amides is 1. The van der Waals surface area contributed by atoms with E-state index >= 15 is 0 Å². The summed E-state index contributed by atoms with van der Waals surface area (Å²) in [5.74, 6) is 5.79. The fourth-order valence-electron chi connectivity index (χ4n) is 1.50. The van der Waals surface area contributed by atoms with Gasteiger partial charge in [-0.15, -0.1) is 0 Å². The van der Waals surface area contributed by atoms with Crippen molar-refractivity contribution in [3.05, 3.63) is 0 Å². The number of carbonyl (C=O) groups excluding carboxylic acids is 1. The van der Waals surface area contributed by atoms with E-state index in [1.165, 1.54) is 0 Å². The van der Waals surface area contributed by atoms with Gasteiger partial charge in [0.15, 0.2) is 0 Å². The van der Waals surface area contributed by atoms with Crippen LogP contribution in [0.3, 0.4) is 0 Å². The largest absolute Gasteiger partial charge is 0.383 e. The number of likely N-dealkylation sites (N-methyl/N-ethyl adjacent to an activating group) is 1. The molecular weight excluding hydrogens is 210 g/mol.